The number of nitrogens with one attached hydrogen (secondary N) is 1. The van der Waals surface area contributed by atoms with E-state index in [-0.39, 0.29) is 12.1 Å². The Kier molecular flexibility index (Phi) is 3.47. The van der Waals surface area contributed by atoms with Gasteiger partial charge in [-0.05, 0) is 25.0 Å². The highest BCUT2D eigenvalue weighted by Crippen LogP contribution is 2.26. The molecule has 1 aliphatic rings. The van der Waals surface area contributed by atoms with Crippen molar-refractivity contribution in [1.82, 2.24) is 0 Å². The van der Waals surface area contributed by atoms with Gasteiger partial charge in [0.15, 0.2) is 0 Å². The number of benzene rings is 1. The van der Waals surface area contributed by atoms with Crippen LogP contribution in [0.1, 0.15) is 12.8 Å². The molecule has 2 atom stereocenters. The molecule has 1 aromatic carbocycles. The molecule has 2 rings (SSSR count). The van der Waals surface area contributed by atoms with Crippen LogP contribution in [-0.2, 0) is 0 Å². The van der Waals surface area contributed by atoms with Gasteiger partial charge in [0.05, 0.1) is 24.9 Å². The Morgan fingerprint density at radius 3 is 2.75 bits per heavy atom. The number of ether oxygens (including phenoxy) is 1. The van der Waals surface area contributed by atoms with Crippen molar-refractivity contribution in [1.29, 1.82) is 0 Å². The molecule has 0 saturated heterocycles. The first-order chi connectivity index (χ1) is 7.81. The van der Waals surface area contributed by atoms with Gasteiger partial charge in [-0.3, -0.25) is 0 Å². The summed E-state index contributed by atoms with van der Waals surface area (Å²) >= 11 is 0. The molecule has 0 unspecified atom stereocenters. The first-order valence-electron chi connectivity index (χ1n) is 5.54. The van der Waals surface area contributed by atoms with E-state index < -0.39 is 0 Å². The topological polar surface area (TPSA) is 41.5 Å². The average molecular weight is 219 g/mol. The largest absolute Gasteiger partial charge is 0.495 e. The second-order valence-electron chi connectivity index (χ2n) is 3.96. The molecule has 2 N–H and O–H groups in total. The first kappa shape index (κ1) is 11.0. The third kappa shape index (κ3) is 2.36. The fraction of sp³-hybridized carbons (Fsp3) is 0.385. The number of methoxy groups -OCH3 is 1. The maximum absolute atomic E-state index is 9.84. The van der Waals surface area contributed by atoms with Crippen molar-refractivity contribution in [2.24, 2.45) is 0 Å². The Labute approximate surface area is 95.7 Å². The molecule has 0 fully saturated rings. The van der Waals surface area contributed by atoms with Crippen LogP contribution < -0.4 is 10.1 Å². The maximum atomic E-state index is 9.84. The van der Waals surface area contributed by atoms with E-state index in [1.165, 1.54) is 0 Å². The minimum atomic E-state index is -0.324. The predicted octanol–water partition coefficient (Wildman–Crippen LogP) is 2.19. The summed E-state index contributed by atoms with van der Waals surface area (Å²) in [6.45, 7) is 0. The Morgan fingerprint density at radius 2 is 2.00 bits per heavy atom. The molecule has 1 aliphatic carbocycles. The van der Waals surface area contributed by atoms with Crippen molar-refractivity contribution in [2.75, 3.05) is 12.4 Å². The first-order valence-corrected chi connectivity index (χ1v) is 5.54. The summed E-state index contributed by atoms with van der Waals surface area (Å²) in [4.78, 5) is 0. The Bertz CT molecular complexity index is 376. The minimum absolute atomic E-state index is 0.0706. The van der Waals surface area contributed by atoms with Crippen LogP contribution in [0.3, 0.4) is 0 Å². The van der Waals surface area contributed by atoms with Crippen molar-refractivity contribution in [2.45, 2.75) is 25.0 Å². The van der Waals surface area contributed by atoms with E-state index in [1.807, 2.05) is 30.3 Å². The predicted molar refractivity (Wildman–Crippen MR) is 64.8 cm³/mol. The molecule has 0 amide bonds. The van der Waals surface area contributed by atoms with Crippen molar-refractivity contribution >= 4 is 5.69 Å². The number of anilines is 1. The summed E-state index contributed by atoms with van der Waals surface area (Å²) in [6.07, 6.45) is 5.35. The van der Waals surface area contributed by atoms with Crippen LogP contribution in [0.2, 0.25) is 0 Å². The second kappa shape index (κ2) is 5.03. The van der Waals surface area contributed by atoms with Crippen molar-refractivity contribution < 1.29 is 9.84 Å². The highest BCUT2D eigenvalue weighted by atomic mass is 16.5. The molecular formula is C13H17NO2. The molecule has 0 saturated carbocycles. The summed E-state index contributed by atoms with van der Waals surface area (Å²) in [7, 11) is 1.65. The number of aliphatic hydroxyl groups excluding tert-OH is 1. The molecule has 0 aliphatic heterocycles. The molecule has 0 aromatic heterocycles. The maximum Gasteiger partial charge on any atom is 0.141 e. The zero-order valence-corrected chi connectivity index (χ0v) is 9.39. The lowest BCUT2D eigenvalue weighted by molar-refractivity contribution is 0.151. The van der Waals surface area contributed by atoms with E-state index in [0.717, 1.165) is 17.9 Å². The van der Waals surface area contributed by atoms with Crippen LogP contribution >= 0.6 is 0 Å². The van der Waals surface area contributed by atoms with Gasteiger partial charge < -0.3 is 15.2 Å². The minimum Gasteiger partial charge on any atom is -0.495 e. The summed E-state index contributed by atoms with van der Waals surface area (Å²) in [5, 5.41) is 13.2. The van der Waals surface area contributed by atoms with Crippen molar-refractivity contribution in [3.05, 3.63) is 36.4 Å². The lowest BCUT2D eigenvalue weighted by Gasteiger charge is -2.26. The van der Waals surface area contributed by atoms with E-state index >= 15 is 0 Å². The van der Waals surface area contributed by atoms with Crippen LogP contribution in [0.4, 0.5) is 5.69 Å². The van der Waals surface area contributed by atoms with Crippen molar-refractivity contribution in [3.63, 3.8) is 0 Å². The average Bonchev–Trinajstić information content (AvgIpc) is 2.33. The summed E-state index contributed by atoms with van der Waals surface area (Å²) in [5.74, 6) is 0.809. The number of rotatable bonds is 3. The van der Waals surface area contributed by atoms with Gasteiger partial charge in [-0.2, -0.15) is 0 Å². The van der Waals surface area contributed by atoms with E-state index in [4.69, 9.17) is 4.74 Å². The highest BCUT2D eigenvalue weighted by Gasteiger charge is 2.20. The van der Waals surface area contributed by atoms with Crippen LogP contribution in [0.15, 0.2) is 36.4 Å². The molecule has 86 valence electrons. The molecule has 3 nitrogen and oxygen atoms in total. The van der Waals surface area contributed by atoms with Gasteiger partial charge in [-0.15, -0.1) is 0 Å². The molecule has 1 aromatic rings. The fourth-order valence-corrected chi connectivity index (χ4v) is 1.92. The van der Waals surface area contributed by atoms with E-state index in [9.17, 15) is 5.11 Å². The van der Waals surface area contributed by atoms with Crippen LogP contribution in [-0.4, -0.2) is 24.4 Å². The Hall–Kier alpha value is -1.48. The number of aliphatic hydroxyl groups is 1. The number of hydrogen-bond acceptors (Lipinski definition) is 3. The van der Waals surface area contributed by atoms with E-state index in [1.54, 1.807) is 7.11 Å². The standard InChI is InChI=1S/C13H17NO2/c1-16-13-9-5-3-7-11(13)14-10-6-2-4-8-12(10)15/h2-5,7,9-10,12,14-15H,6,8H2,1H3/t10-,12-/m1/s1. The molecule has 0 radical (unpaired) electrons. The number of hydrogen-bond donors (Lipinski definition) is 2. The van der Waals surface area contributed by atoms with Gasteiger partial charge in [-0.1, -0.05) is 24.3 Å². The summed E-state index contributed by atoms with van der Waals surface area (Å²) in [5.41, 5.74) is 0.935. The molecular weight excluding hydrogens is 202 g/mol. The normalized spacial score (nSPS) is 24.1. The smallest absolute Gasteiger partial charge is 0.141 e. The Balaban J connectivity index is 2.11. The molecule has 0 heterocycles. The molecule has 0 spiro atoms. The number of para-hydroxylation sites is 2. The van der Waals surface area contributed by atoms with Gasteiger partial charge in [0.1, 0.15) is 5.75 Å². The van der Waals surface area contributed by atoms with Gasteiger partial charge in [0.2, 0.25) is 0 Å². The SMILES string of the molecule is COc1ccccc1N[C@@H]1CC=CC[C@H]1O. The molecule has 3 heteroatoms. The Morgan fingerprint density at radius 1 is 1.25 bits per heavy atom. The van der Waals surface area contributed by atoms with Gasteiger partial charge in [-0.25, -0.2) is 0 Å². The van der Waals surface area contributed by atoms with Gasteiger partial charge in [0, 0.05) is 0 Å². The lowest BCUT2D eigenvalue weighted by Crippen LogP contribution is -2.34. The monoisotopic (exact) mass is 219 g/mol. The zero-order chi connectivity index (χ0) is 11.4. The lowest BCUT2D eigenvalue weighted by atomic mass is 9.98. The van der Waals surface area contributed by atoms with Crippen LogP contribution in [0.25, 0.3) is 0 Å². The summed E-state index contributed by atoms with van der Waals surface area (Å²) in [6, 6.07) is 7.83. The van der Waals surface area contributed by atoms with Crippen molar-refractivity contribution in [3.8, 4) is 5.75 Å². The van der Waals surface area contributed by atoms with E-state index in [2.05, 4.69) is 11.4 Å². The quantitative estimate of drug-likeness (QED) is 0.766. The second-order valence-corrected chi connectivity index (χ2v) is 3.96. The fourth-order valence-electron chi connectivity index (χ4n) is 1.92. The molecule has 16 heavy (non-hydrogen) atoms. The molecule has 0 bridgehead atoms. The third-order valence-electron chi connectivity index (χ3n) is 2.85. The van der Waals surface area contributed by atoms with Gasteiger partial charge in [0.25, 0.3) is 0 Å². The zero-order valence-electron chi connectivity index (χ0n) is 9.39. The van der Waals surface area contributed by atoms with E-state index in [0.29, 0.717) is 6.42 Å². The summed E-state index contributed by atoms with van der Waals surface area (Å²) < 4.78 is 5.26. The third-order valence-corrected chi connectivity index (χ3v) is 2.85. The van der Waals surface area contributed by atoms with Crippen LogP contribution in [0.5, 0.6) is 5.75 Å². The van der Waals surface area contributed by atoms with Gasteiger partial charge >= 0.3 is 0 Å². The van der Waals surface area contributed by atoms with Crippen LogP contribution in [0, 0.1) is 0 Å². The highest BCUT2D eigenvalue weighted by molar-refractivity contribution is 5.57.